The van der Waals surface area contributed by atoms with Crippen LogP contribution in [-0.4, -0.2) is 18.7 Å². The minimum absolute atomic E-state index is 0.273. The second kappa shape index (κ2) is 8.31. The topological polar surface area (TPSA) is 44.8 Å². The van der Waals surface area contributed by atoms with Crippen LogP contribution in [0.5, 0.6) is 17.2 Å². The van der Waals surface area contributed by atoms with Crippen molar-refractivity contribution in [2.45, 2.75) is 32.5 Å². The van der Waals surface area contributed by atoms with E-state index in [2.05, 4.69) is 0 Å². The Balaban J connectivity index is 2.73. The minimum Gasteiger partial charge on any atom is -0.490 e. The number of hydrogen-bond acceptors (Lipinski definition) is 4. The lowest BCUT2D eigenvalue weighted by atomic mass is 10.1. The molecule has 162 valence electrons. The molecule has 0 aliphatic carbocycles. The number of hydrogen-bond donors (Lipinski definition) is 0. The zero-order chi connectivity index (χ0) is 22.9. The van der Waals surface area contributed by atoms with Gasteiger partial charge in [-0.1, -0.05) is 0 Å². The molecule has 2 aromatic carbocycles. The first kappa shape index (κ1) is 23.2. The second-order valence-electron chi connectivity index (χ2n) is 6.97. The summed E-state index contributed by atoms with van der Waals surface area (Å²) in [5.74, 6) is -5.68. The number of ether oxygens (including phenoxy) is 3. The first-order valence-corrected chi connectivity index (χ1v) is 8.33. The molecular formula is C20H16F6O4. The Morgan fingerprint density at radius 3 is 2.10 bits per heavy atom. The summed E-state index contributed by atoms with van der Waals surface area (Å²) < 4.78 is 96.3. The third-order valence-corrected chi connectivity index (χ3v) is 3.56. The normalized spacial score (nSPS) is 11.7. The Morgan fingerprint density at radius 2 is 1.60 bits per heavy atom. The Morgan fingerprint density at radius 1 is 0.967 bits per heavy atom. The van der Waals surface area contributed by atoms with Crippen LogP contribution < -0.4 is 9.47 Å². The van der Waals surface area contributed by atoms with Gasteiger partial charge in [0.05, 0.1) is 18.2 Å². The molecule has 10 heteroatoms. The van der Waals surface area contributed by atoms with E-state index in [0.29, 0.717) is 12.1 Å². The molecule has 0 aliphatic heterocycles. The predicted octanol–water partition coefficient (Wildman–Crippen LogP) is 5.91. The molecule has 0 fully saturated rings. The van der Waals surface area contributed by atoms with Crippen LogP contribution in [0.2, 0.25) is 0 Å². The lowest BCUT2D eigenvalue weighted by Gasteiger charge is -2.23. The third-order valence-electron chi connectivity index (χ3n) is 3.56. The van der Waals surface area contributed by atoms with Crippen molar-refractivity contribution in [1.29, 1.82) is 0 Å². The number of methoxy groups -OCH3 is 1. The molecule has 0 unspecified atom stereocenters. The lowest BCUT2D eigenvalue weighted by Crippen LogP contribution is -2.19. The van der Waals surface area contributed by atoms with Crippen LogP contribution in [0, 0.1) is 17.5 Å². The van der Waals surface area contributed by atoms with Crippen molar-refractivity contribution in [2.24, 2.45) is 0 Å². The molecule has 0 N–H and O–H groups in total. The molecule has 4 nitrogen and oxygen atoms in total. The summed E-state index contributed by atoms with van der Waals surface area (Å²) in [6.45, 7) is 4.59. The first-order chi connectivity index (χ1) is 13.8. The quantitative estimate of drug-likeness (QED) is 0.333. The number of alkyl halides is 3. The van der Waals surface area contributed by atoms with Gasteiger partial charge >= 0.3 is 6.18 Å². The van der Waals surface area contributed by atoms with E-state index in [1.54, 1.807) is 0 Å². The Bertz CT molecular complexity index is 1000. The number of halogens is 6. The van der Waals surface area contributed by atoms with Gasteiger partial charge in [-0.2, -0.15) is 17.6 Å². The number of carbonyl (C=O) groups excluding carboxylic acids is 1. The smallest absolute Gasteiger partial charge is 0.419 e. The zero-order valence-electron chi connectivity index (χ0n) is 16.2. The van der Waals surface area contributed by atoms with E-state index < -0.39 is 63.4 Å². The maximum Gasteiger partial charge on any atom is 0.419 e. The van der Waals surface area contributed by atoms with E-state index in [1.165, 1.54) is 26.7 Å². The van der Waals surface area contributed by atoms with Crippen molar-refractivity contribution < 1.29 is 45.3 Å². The second-order valence-corrected chi connectivity index (χ2v) is 6.97. The summed E-state index contributed by atoms with van der Waals surface area (Å²) in [5.41, 5.74) is -3.22. The van der Waals surface area contributed by atoms with E-state index in [1.807, 2.05) is 0 Å². The summed E-state index contributed by atoms with van der Waals surface area (Å²) in [7, 11) is 0.983. The lowest BCUT2D eigenvalue weighted by molar-refractivity contribution is -0.140. The highest BCUT2D eigenvalue weighted by Crippen LogP contribution is 2.42. The standard InChI is InChI=1S/C20H16F6O4/c1-19(2,3)30-16(9-27)10-7-13(22)11(20(24,25)26)8-15(10)29-14-6-5-12(21)17(23)18(14)28-4/h5-8H,1-4H3. The van der Waals surface area contributed by atoms with Crippen LogP contribution in [0.3, 0.4) is 0 Å². The van der Waals surface area contributed by atoms with Gasteiger partial charge in [0.2, 0.25) is 17.3 Å². The Labute approximate surface area is 167 Å². The van der Waals surface area contributed by atoms with Crippen molar-refractivity contribution in [1.82, 2.24) is 0 Å². The van der Waals surface area contributed by atoms with E-state index >= 15 is 0 Å². The van der Waals surface area contributed by atoms with E-state index in [-0.39, 0.29) is 6.07 Å². The molecule has 2 rings (SSSR count). The van der Waals surface area contributed by atoms with Crippen LogP contribution in [-0.2, 0) is 15.7 Å². The third kappa shape index (κ3) is 5.07. The maximum absolute atomic E-state index is 14.1. The molecule has 0 amide bonds. The molecule has 0 aliphatic rings. The molecule has 0 spiro atoms. The van der Waals surface area contributed by atoms with Gasteiger partial charge in [0, 0.05) is 0 Å². The average molecular weight is 434 g/mol. The van der Waals surface area contributed by atoms with Gasteiger partial charge in [-0.3, -0.25) is 0 Å². The molecule has 0 atom stereocenters. The van der Waals surface area contributed by atoms with Gasteiger partial charge in [-0.15, -0.1) is 0 Å². The van der Waals surface area contributed by atoms with Gasteiger partial charge in [0.1, 0.15) is 17.2 Å². The molecule has 0 saturated heterocycles. The van der Waals surface area contributed by atoms with E-state index in [4.69, 9.17) is 14.2 Å². The summed E-state index contributed by atoms with van der Waals surface area (Å²) in [4.78, 5) is 11.4. The summed E-state index contributed by atoms with van der Waals surface area (Å²) >= 11 is 0. The van der Waals surface area contributed by atoms with Crippen LogP contribution in [0.25, 0.3) is 5.76 Å². The van der Waals surface area contributed by atoms with Gasteiger partial charge in [0.15, 0.2) is 17.5 Å². The SMILES string of the molecule is COc1c(Oc2cc(C(F)(F)F)c(F)cc2C(=C=O)OC(C)(C)C)ccc(F)c1F. The molecule has 0 radical (unpaired) electrons. The summed E-state index contributed by atoms with van der Waals surface area (Å²) in [6, 6.07) is 2.21. The van der Waals surface area contributed by atoms with Crippen LogP contribution in [0.15, 0.2) is 24.3 Å². The average Bonchev–Trinajstić information content (AvgIpc) is 2.62. The number of benzene rings is 2. The fourth-order valence-corrected chi connectivity index (χ4v) is 2.37. The molecule has 0 heterocycles. The molecule has 0 bridgehead atoms. The van der Waals surface area contributed by atoms with Crippen molar-refractivity contribution in [3.8, 4) is 17.2 Å². The first-order valence-electron chi connectivity index (χ1n) is 8.33. The van der Waals surface area contributed by atoms with Crippen LogP contribution in [0.4, 0.5) is 26.3 Å². The maximum atomic E-state index is 14.1. The van der Waals surface area contributed by atoms with E-state index in [9.17, 15) is 31.1 Å². The highest BCUT2D eigenvalue weighted by atomic mass is 19.4. The van der Waals surface area contributed by atoms with Crippen LogP contribution in [0.1, 0.15) is 31.9 Å². The van der Waals surface area contributed by atoms with Gasteiger partial charge in [0.25, 0.3) is 0 Å². The van der Waals surface area contributed by atoms with Crippen molar-refractivity contribution >= 4 is 11.7 Å². The fraction of sp³-hybridized carbons (Fsp3) is 0.300. The molecule has 0 aromatic heterocycles. The van der Waals surface area contributed by atoms with Crippen molar-refractivity contribution in [3.63, 3.8) is 0 Å². The van der Waals surface area contributed by atoms with Crippen molar-refractivity contribution in [3.05, 3.63) is 52.8 Å². The predicted molar refractivity (Wildman–Crippen MR) is 94.3 cm³/mol. The zero-order valence-corrected chi connectivity index (χ0v) is 16.2. The Kier molecular flexibility index (Phi) is 6.42. The highest BCUT2D eigenvalue weighted by Gasteiger charge is 2.36. The largest absolute Gasteiger partial charge is 0.490 e. The van der Waals surface area contributed by atoms with Crippen LogP contribution >= 0.6 is 0 Å². The van der Waals surface area contributed by atoms with E-state index in [0.717, 1.165) is 13.2 Å². The monoisotopic (exact) mass is 434 g/mol. The van der Waals surface area contributed by atoms with Gasteiger partial charge in [-0.05, 0) is 45.0 Å². The summed E-state index contributed by atoms with van der Waals surface area (Å²) in [5, 5.41) is 0. The molecular weight excluding hydrogens is 418 g/mol. The molecule has 30 heavy (non-hydrogen) atoms. The minimum atomic E-state index is -5.10. The van der Waals surface area contributed by atoms with Crippen molar-refractivity contribution in [2.75, 3.05) is 7.11 Å². The highest BCUT2D eigenvalue weighted by molar-refractivity contribution is 5.86. The molecule has 2 aromatic rings. The molecule has 0 saturated carbocycles. The number of rotatable bonds is 5. The van der Waals surface area contributed by atoms with Gasteiger partial charge < -0.3 is 14.2 Å². The summed E-state index contributed by atoms with van der Waals surface area (Å²) in [6.07, 6.45) is -5.10. The fourth-order valence-electron chi connectivity index (χ4n) is 2.37. The Hall–Kier alpha value is -3.13. The van der Waals surface area contributed by atoms with Gasteiger partial charge in [-0.25, -0.2) is 13.6 Å².